The maximum Gasteiger partial charge on any atom is 0.246 e. The van der Waals surface area contributed by atoms with Gasteiger partial charge in [-0.1, -0.05) is 56.3 Å². The van der Waals surface area contributed by atoms with Gasteiger partial charge in [0.1, 0.15) is 6.54 Å². The highest BCUT2D eigenvalue weighted by molar-refractivity contribution is 6.31. The third kappa shape index (κ3) is 4.05. The second kappa shape index (κ2) is 8.83. The number of carbonyl (C=O) groups excluding carboxylic acids is 2. The maximum absolute atomic E-state index is 12.9. The molecule has 0 radical (unpaired) electrons. The average molecular weight is 450 g/mol. The van der Waals surface area contributed by atoms with Crippen molar-refractivity contribution in [2.45, 2.75) is 39.3 Å². The Morgan fingerprint density at radius 2 is 1.94 bits per heavy atom. The van der Waals surface area contributed by atoms with Crippen LogP contribution in [0, 0.1) is 6.92 Å². The first-order chi connectivity index (χ1) is 15.3. The summed E-state index contributed by atoms with van der Waals surface area (Å²) in [6, 6.07) is 14.2. The van der Waals surface area contributed by atoms with Crippen LogP contribution in [0.4, 0.5) is 0 Å². The molecular formula is C26H28ClN3O2. The van der Waals surface area contributed by atoms with E-state index in [2.05, 4.69) is 55.4 Å². The number of nitrogens with zero attached hydrogens (tertiary/aromatic N) is 2. The molecule has 4 rings (SSSR count). The molecule has 0 spiro atoms. The van der Waals surface area contributed by atoms with Crippen molar-refractivity contribution in [3.8, 4) is 11.1 Å². The van der Waals surface area contributed by atoms with Gasteiger partial charge in [0.15, 0.2) is 0 Å². The largest absolute Gasteiger partial charge is 0.348 e. The maximum atomic E-state index is 12.9. The number of aromatic nitrogens is 1. The number of benzene rings is 2. The molecule has 2 aromatic carbocycles. The van der Waals surface area contributed by atoms with Crippen molar-refractivity contribution < 1.29 is 9.59 Å². The smallest absolute Gasteiger partial charge is 0.246 e. The molecule has 3 aromatic rings. The lowest BCUT2D eigenvalue weighted by Gasteiger charge is -2.38. The van der Waals surface area contributed by atoms with Crippen molar-refractivity contribution in [1.82, 2.24) is 14.8 Å². The van der Waals surface area contributed by atoms with Gasteiger partial charge >= 0.3 is 0 Å². The fraction of sp³-hybridized carbons (Fsp3) is 0.308. The molecular weight excluding hydrogens is 422 g/mol. The lowest BCUT2D eigenvalue weighted by Crippen LogP contribution is -2.61. The molecule has 2 amide bonds. The topological polar surface area (TPSA) is 54.3 Å². The van der Waals surface area contributed by atoms with Gasteiger partial charge in [-0.3, -0.25) is 9.59 Å². The Balaban J connectivity index is 1.67. The zero-order valence-corrected chi connectivity index (χ0v) is 19.4. The molecule has 0 bridgehead atoms. The summed E-state index contributed by atoms with van der Waals surface area (Å²) < 4.78 is 2.05. The number of rotatable bonds is 6. The van der Waals surface area contributed by atoms with Crippen molar-refractivity contribution in [1.29, 1.82) is 0 Å². The van der Waals surface area contributed by atoms with Gasteiger partial charge in [-0.05, 0) is 48.2 Å². The molecule has 32 heavy (non-hydrogen) atoms. The number of likely N-dealkylation sites (tertiary alicyclic amines) is 1. The Labute approximate surface area is 193 Å². The monoisotopic (exact) mass is 449 g/mol. The predicted octanol–water partition coefficient (Wildman–Crippen LogP) is 4.91. The van der Waals surface area contributed by atoms with Gasteiger partial charge < -0.3 is 14.8 Å². The third-order valence-corrected chi connectivity index (χ3v) is 6.41. The minimum Gasteiger partial charge on any atom is -0.348 e. The minimum atomic E-state index is -0.104. The van der Waals surface area contributed by atoms with Gasteiger partial charge in [0.2, 0.25) is 11.8 Å². The zero-order chi connectivity index (χ0) is 23.0. The number of fused-ring (bicyclic) bond motifs is 1. The Bertz CT molecular complexity index is 1210. The quantitative estimate of drug-likeness (QED) is 0.544. The van der Waals surface area contributed by atoms with Crippen LogP contribution in [0.3, 0.4) is 0 Å². The van der Waals surface area contributed by atoms with Crippen LogP contribution in [-0.4, -0.2) is 40.4 Å². The average Bonchev–Trinajstić information content (AvgIpc) is 3.00. The summed E-state index contributed by atoms with van der Waals surface area (Å²) >= 11 is 6.37. The number of hydrogen-bond acceptors (Lipinski definition) is 2. The Morgan fingerprint density at radius 1 is 1.22 bits per heavy atom. The number of nitrogens with one attached hydrogen (secondary N) is 1. The third-order valence-electron chi connectivity index (χ3n) is 6.17. The minimum absolute atomic E-state index is 0.0240. The molecule has 1 saturated heterocycles. The van der Waals surface area contributed by atoms with E-state index in [1.54, 1.807) is 4.90 Å². The van der Waals surface area contributed by atoms with Gasteiger partial charge in [0.25, 0.3) is 0 Å². The molecule has 2 heterocycles. The Morgan fingerprint density at radius 3 is 2.62 bits per heavy atom. The van der Waals surface area contributed by atoms with Crippen LogP contribution in [-0.2, 0) is 16.1 Å². The van der Waals surface area contributed by atoms with E-state index in [9.17, 15) is 9.59 Å². The van der Waals surface area contributed by atoms with E-state index in [0.29, 0.717) is 24.0 Å². The van der Waals surface area contributed by atoms with Crippen LogP contribution in [0.15, 0.2) is 55.1 Å². The molecule has 0 aliphatic carbocycles. The van der Waals surface area contributed by atoms with E-state index in [-0.39, 0.29) is 24.4 Å². The summed E-state index contributed by atoms with van der Waals surface area (Å²) in [5, 5.41) is 4.76. The summed E-state index contributed by atoms with van der Waals surface area (Å²) in [5.41, 5.74) is 5.56. The molecule has 1 fully saturated rings. The van der Waals surface area contributed by atoms with E-state index >= 15 is 0 Å². The van der Waals surface area contributed by atoms with E-state index in [1.807, 2.05) is 24.3 Å². The summed E-state index contributed by atoms with van der Waals surface area (Å²) in [4.78, 5) is 26.2. The summed E-state index contributed by atoms with van der Waals surface area (Å²) in [6.07, 6.45) is 1.30. The van der Waals surface area contributed by atoms with Crippen molar-refractivity contribution >= 4 is 34.3 Å². The van der Waals surface area contributed by atoms with E-state index in [1.165, 1.54) is 17.2 Å². The molecule has 6 heteroatoms. The van der Waals surface area contributed by atoms with Gasteiger partial charge in [-0.15, -0.1) is 0 Å². The van der Waals surface area contributed by atoms with Crippen molar-refractivity contribution in [3.63, 3.8) is 0 Å². The number of carbonyl (C=O) groups is 2. The van der Waals surface area contributed by atoms with Gasteiger partial charge in [0.05, 0.1) is 6.04 Å². The summed E-state index contributed by atoms with van der Waals surface area (Å²) in [7, 11) is 0. The van der Waals surface area contributed by atoms with E-state index in [4.69, 9.17) is 11.6 Å². The van der Waals surface area contributed by atoms with Gasteiger partial charge in [-0.2, -0.15) is 0 Å². The lowest BCUT2D eigenvalue weighted by atomic mass is 9.91. The predicted molar refractivity (Wildman–Crippen MR) is 130 cm³/mol. The second-order valence-corrected chi connectivity index (χ2v) is 9.10. The van der Waals surface area contributed by atoms with Gasteiger partial charge in [0, 0.05) is 40.3 Å². The molecule has 0 unspecified atom stereocenters. The first-order valence-electron chi connectivity index (χ1n) is 10.9. The molecule has 166 valence electrons. The number of halogens is 1. The Kier molecular flexibility index (Phi) is 6.11. The van der Waals surface area contributed by atoms with Crippen LogP contribution in [0.25, 0.3) is 22.0 Å². The van der Waals surface area contributed by atoms with Crippen LogP contribution in [0.5, 0.6) is 0 Å². The molecule has 1 aliphatic rings. The standard InChI is InChI=1S/C26H28ClN3O2/c1-5-25(32)29-13-19(14-29)28-24(31)15-30-17(4)26(22-12-18(27)10-11-23(22)30)21-9-7-6-8-20(21)16(2)3/h5-12,16,19H,1,13-15H2,2-4H3,(H,28,31). The molecule has 1 N–H and O–H groups in total. The highest BCUT2D eigenvalue weighted by Gasteiger charge is 2.30. The molecule has 1 aliphatic heterocycles. The molecule has 5 nitrogen and oxygen atoms in total. The van der Waals surface area contributed by atoms with E-state index in [0.717, 1.165) is 22.2 Å². The van der Waals surface area contributed by atoms with Crippen molar-refractivity contribution in [2.24, 2.45) is 0 Å². The lowest BCUT2D eigenvalue weighted by molar-refractivity contribution is -0.133. The molecule has 0 saturated carbocycles. The van der Waals surface area contributed by atoms with Crippen LogP contribution >= 0.6 is 11.6 Å². The summed E-state index contributed by atoms with van der Waals surface area (Å²) in [6.45, 7) is 11.2. The zero-order valence-electron chi connectivity index (χ0n) is 18.7. The highest BCUT2D eigenvalue weighted by Crippen LogP contribution is 2.39. The van der Waals surface area contributed by atoms with Crippen LogP contribution in [0.2, 0.25) is 5.02 Å². The van der Waals surface area contributed by atoms with Crippen LogP contribution < -0.4 is 5.32 Å². The second-order valence-electron chi connectivity index (χ2n) is 8.66. The molecule has 1 aromatic heterocycles. The number of amides is 2. The fourth-order valence-electron chi connectivity index (χ4n) is 4.52. The van der Waals surface area contributed by atoms with Crippen molar-refractivity contribution in [3.05, 3.63) is 71.4 Å². The van der Waals surface area contributed by atoms with E-state index < -0.39 is 0 Å². The summed E-state index contributed by atoms with van der Waals surface area (Å²) in [5.74, 6) is 0.193. The molecule has 0 atom stereocenters. The highest BCUT2D eigenvalue weighted by atomic mass is 35.5. The SMILES string of the molecule is C=CC(=O)N1CC(NC(=O)Cn2c(C)c(-c3ccccc3C(C)C)c3cc(Cl)ccc32)C1. The first-order valence-corrected chi connectivity index (χ1v) is 11.3. The number of hydrogen-bond donors (Lipinski definition) is 1. The van der Waals surface area contributed by atoms with Crippen molar-refractivity contribution in [2.75, 3.05) is 13.1 Å². The Hall–Kier alpha value is -3.05. The first kappa shape index (κ1) is 22.2. The van der Waals surface area contributed by atoms with Gasteiger partial charge in [-0.25, -0.2) is 0 Å². The fourth-order valence-corrected chi connectivity index (χ4v) is 4.69. The normalized spacial score (nSPS) is 14.0. The van der Waals surface area contributed by atoms with Crippen LogP contribution in [0.1, 0.15) is 31.0 Å².